The van der Waals surface area contributed by atoms with E-state index in [2.05, 4.69) is 20.9 Å². The normalized spacial score (nSPS) is 10.3. The molecule has 0 radical (unpaired) electrons. The Bertz CT molecular complexity index is 240. The van der Waals surface area contributed by atoms with Gasteiger partial charge in [-0.05, 0) is 30.7 Å². The second kappa shape index (κ2) is 6.68. The van der Waals surface area contributed by atoms with Gasteiger partial charge in [-0.25, -0.2) is 4.98 Å². The van der Waals surface area contributed by atoms with Crippen molar-refractivity contribution in [2.24, 2.45) is 0 Å². The molecule has 0 atom stereocenters. The van der Waals surface area contributed by atoms with Gasteiger partial charge >= 0.3 is 0 Å². The lowest BCUT2D eigenvalue weighted by Gasteiger charge is -1.99. The SMILES string of the molecule is Clc1ccc(SCCCCBr)nc1. The molecule has 1 nitrogen and oxygen atoms in total. The number of nitrogens with zero attached hydrogens (tertiary/aromatic N) is 1. The zero-order valence-electron chi connectivity index (χ0n) is 7.17. The van der Waals surface area contributed by atoms with Crippen molar-refractivity contribution in [2.75, 3.05) is 11.1 Å². The Morgan fingerprint density at radius 2 is 2.23 bits per heavy atom. The Labute approximate surface area is 96.4 Å². The zero-order chi connectivity index (χ0) is 9.52. The van der Waals surface area contributed by atoms with E-state index < -0.39 is 0 Å². The third-order valence-electron chi connectivity index (χ3n) is 1.48. The van der Waals surface area contributed by atoms with E-state index in [0.717, 1.165) is 16.1 Å². The molecule has 4 heteroatoms. The molecule has 0 aromatic carbocycles. The van der Waals surface area contributed by atoms with Crippen molar-refractivity contribution in [3.05, 3.63) is 23.4 Å². The fourth-order valence-electron chi connectivity index (χ4n) is 0.821. The number of hydrogen-bond donors (Lipinski definition) is 0. The molecule has 1 aromatic rings. The first-order valence-electron chi connectivity index (χ1n) is 4.13. The third kappa shape index (κ3) is 4.89. The van der Waals surface area contributed by atoms with E-state index in [4.69, 9.17) is 11.6 Å². The zero-order valence-corrected chi connectivity index (χ0v) is 10.3. The Kier molecular flexibility index (Phi) is 5.83. The van der Waals surface area contributed by atoms with Crippen molar-refractivity contribution < 1.29 is 0 Å². The first-order chi connectivity index (χ1) is 6.33. The molecule has 13 heavy (non-hydrogen) atoms. The smallest absolute Gasteiger partial charge is 0.0960 e. The van der Waals surface area contributed by atoms with Crippen LogP contribution in [-0.4, -0.2) is 16.1 Å². The number of rotatable bonds is 5. The maximum Gasteiger partial charge on any atom is 0.0960 e. The molecule has 0 aliphatic heterocycles. The summed E-state index contributed by atoms with van der Waals surface area (Å²) in [5.74, 6) is 1.13. The second-order valence-electron chi connectivity index (χ2n) is 2.56. The van der Waals surface area contributed by atoms with Crippen molar-refractivity contribution in [3.63, 3.8) is 0 Å². The molecule has 1 rings (SSSR count). The summed E-state index contributed by atoms with van der Waals surface area (Å²) >= 11 is 10.9. The number of pyridine rings is 1. The van der Waals surface area contributed by atoms with E-state index in [1.807, 2.05) is 12.1 Å². The lowest BCUT2D eigenvalue weighted by atomic mass is 10.4. The molecule has 1 aromatic heterocycles. The third-order valence-corrected chi connectivity index (χ3v) is 3.29. The minimum atomic E-state index is 0.699. The molecule has 0 amide bonds. The van der Waals surface area contributed by atoms with E-state index in [9.17, 15) is 0 Å². The number of hydrogen-bond acceptors (Lipinski definition) is 2. The van der Waals surface area contributed by atoms with Crippen LogP contribution in [0.15, 0.2) is 23.4 Å². The van der Waals surface area contributed by atoms with Crippen LogP contribution in [0.5, 0.6) is 0 Å². The predicted octanol–water partition coefficient (Wildman–Crippen LogP) is 4.00. The van der Waals surface area contributed by atoms with Crippen LogP contribution in [0, 0.1) is 0 Å². The summed E-state index contributed by atoms with van der Waals surface area (Å²) in [7, 11) is 0. The first kappa shape index (κ1) is 11.3. The van der Waals surface area contributed by atoms with E-state index in [1.165, 1.54) is 12.8 Å². The highest BCUT2D eigenvalue weighted by Crippen LogP contribution is 2.18. The first-order valence-corrected chi connectivity index (χ1v) is 6.62. The van der Waals surface area contributed by atoms with Crippen LogP contribution >= 0.6 is 39.3 Å². The molecular formula is C9H11BrClNS. The summed E-state index contributed by atoms with van der Waals surface area (Å²) < 4.78 is 0. The highest BCUT2D eigenvalue weighted by Gasteiger charge is 1.95. The molecule has 0 aliphatic carbocycles. The number of unbranched alkanes of at least 4 members (excludes halogenated alkanes) is 1. The summed E-state index contributed by atoms with van der Waals surface area (Å²) in [4.78, 5) is 4.20. The van der Waals surface area contributed by atoms with Crippen LogP contribution in [0.2, 0.25) is 5.02 Å². The highest BCUT2D eigenvalue weighted by atomic mass is 79.9. The molecule has 0 unspecified atom stereocenters. The summed E-state index contributed by atoms with van der Waals surface area (Å²) in [6.45, 7) is 0. The fourth-order valence-corrected chi connectivity index (χ4v) is 2.18. The number of halogens is 2. The molecular weight excluding hydrogens is 270 g/mol. The highest BCUT2D eigenvalue weighted by molar-refractivity contribution is 9.09. The number of aromatic nitrogens is 1. The van der Waals surface area contributed by atoms with Crippen molar-refractivity contribution in [3.8, 4) is 0 Å². The molecule has 0 spiro atoms. The Morgan fingerprint density at radius 1 is 1.38 bits per heavy atom. The largest absolute Gasteiger partial charge is 0.248 e. The molecule has 0 saturated carbocycles. The Hall–Kier alpha value is 0.270. The molecule has 0 N–H and O–H groups in total. The van der Waals surface area contributed by atoms with Gasteiger partial charge in [-0.2, -0.15) is 0 Å². The van der Waals surface area contributed by atoms with Crippen LogP contribution < -0.4 is 0 Å². The average molecular weight is 281 g/mol. The van der Waals surface area contributed by atoms with Crippen molar-refractivity contribution in [1.82, 2.24) is 4.98 Å². The summed E-state index contributed by atoms with van der Waals surface area (Å²) in [6, 6.07) is 3.84. The van der Waals surface area contributed by atoms with Crippen molar-refractivity contribution in [2.45, 2.75) is 17.9 Å². The van der Waals surface area contributed by atoms with E-state index in [1.54, 1.807) is 18.0 Å². The summed E-state index contributed by atoms with van der Waals surface area (Å²) in [5.41, 5.74) is 0. The molecule has 0 aliphatic rings. The lowest BCUT2D eigenvalue weighted by Crippen LogP contribution is -1.83. The molecule has 1 heterocycles. The van der Waals surface area contributed by atoms with Gasteiger partial charge in [0.1, 0.15) is 0 Å². The minimum absolute atomic E-state index is 0.699. The van der Waals surface area contributed by atoms with Crippen LogP contribution in [0.25, 0.3) is 0 Å². The van der Waals surface area contributed by atoms with Crippen LogP contribution in [0.3, 0.4) is 0 Å². The Balaban J connectivity index is 2.25. The van der Waals surface area contributed by atoms with Gasteiger partial charge in [0.2, 0.25) is 0 Å². The molecule has 0 fully saturated rings. The lowest BCUT2D eigenvalue weighted by molar-refractivity contribution is 0.911. The second-order valence-corrected chi connectivity index (χ2v) is 4.90. The summed E-state index contributed by atoms with van der Waals surface area (Å²) in [5, 5.41) is 2.84. The van der Waals surface area contributed by atoms with Crippen molar-refractivity contribution in [1.29, 1.82) is 0 Å². The Morgan fingerprint density at radius 3 is 2.85 bits per heavy atom. The van der Waals surface area contributed by atoms with Gasteiger partial charge in [0.05, 0.1) is 10.0 Å². The van der Waals surface area contributed by atoms with Gasteiger partial charge in [0, 0.05) is 11.5 Å². The fraction of sp³-hybridized carbons (Fsp3) is 0.444. The van der Waals surface area contributed by atoms with Crippen LogP contribution in [-0.2, 0) is 0 Å². The van der Waals surface area contributed by atoms with Gasteiger partial charge in [-0.3, -0.25) is 0 Å². The van der Waals surface area contributed by atoms with E-state index >= 15 is 0 Å². The minimum Gasteiger partial charge on any atom is -0.248 e. The maximum atomic E-state index is 5.72. The van der Waals surface area contributed by atoms with Gasteiger partial charge < -0.3 is 0 Å². The van der Waals surface area contributed by atoms with E-state index in [0.29, 0.717) is 5.02 Å². The summed E-state index contributed by atoms with van der Waals surface area (Å²) in [6.07, 6.45) is 4.13. The molecule has 72 valence electrons. The topological polar surface area (TPSA) is 12.9 Å². The van der Waals surface area contributed by atoms with Gasteiger partial charge in [-0.1, -0.05) is 27.5 Å². The standard InChI is InChI=1S/C9H11BrClNS/c10-5-1-2-6-13-9-4-3-8(11)7-12-9/h3-4,7H,1-2,5-6H2. The molecule has 0 bridgehead atoms. The maximum absolute atomic E-state index is 5.72. The number of alkyl halides is 1. The average Bonchev–Trinajstić information content (AvgIpc) is 2.15. The monoisotopic (exact) mass is 279 g/mol. The van der Waals surface area contributed by atoms with Crippen molar-refractivity contribution >= 4 is 39.3 Å². The van der Waals surface area contributed by atoms with Crippen LogP contribution in [0.4, 0.5) is 0 Å². The quantitative estimate of drug-likeness (QED) is 0.459. The van der Waals surface area contributed by atoms with Gasteiger partial charge in [0.25, 0.3) is 0 Å². The van der Waals surface area contributed by atoms with Gasteiger partial charge in [-0.15, -0.1) is 11.8 Å². The van der Waals surface area contributed by atoms with Gasteiger partial charge in [0.15, 0.2) is 0 Å². The van der Waals surface area contributed by atoms with Crippen LogP contribution in [0.1, 0.15) is 12.8 Å². The number of thioether (sulfide) groups is 1. The molecule has 0 saturated heterocycles. The van der Waals surface area contributed by atoms with E-state index in [-0.39, 0.29) is 0 Å². The predicted molar refractivity (Wildman–Crippen MR) is 63.0 cm³/mol.